The number of hydrogen-bond donors (Lipinski definition) is 0. The number of rotatable bonds is 0. The highest BCUT2D eigenvalue weighted by Gasteiger charge is 2.29. The molecule has 0 atom stereocenters. The zero-order chi connectivity index (χ0) is 11.6. The average molecular weight is 268 g/mol. The molecule has 0 spiro atoms. The topological polar surface area (TPSA) is 51.4 Å². The van der Waals surface area contributed by atoms with Gasteiger partial charge in [-0.15, -0.1) is 11.3 Å². The lowest BCUT2D eigenvalue weighted by molar-refractivity contribution is 0.589. The molecule has 0 radical (unpaired) electrons. The average Bonchev–Trinajstić information content (AvgIpc) is 2.86. The maximum Gasteiger partial charge on any atom is 0.194 e. The molecule has 90 valence electrons. The molecule has 17 heavy (non-hydrogen) atoms. The van der Waals surface area contributed by atoms with Gasteiger partial charge < -0.3 is 0 Å². The lowest BCUT2D eigenvalue weighted by Gasteiger charge is -2.12. The molecule has 2 aromatic rings. The van der Waals surface area contributed by atoms with Gasteiger partial charge in [0.2, 0.25) is 0 Å². The van der Waals surface area contributed by atoms with Crippen LogP contribution >= 0.6 is 11.3 Å². The lowest BCUT2D eigenvalue weighted by atomic mass is 10.2. The van der Waals surface area contributed by atoms with Gasteiger partial charge in [-0.1, -0.05) is 0 Å². The van der Waals surface area contributed by atoms with Gasteiger partial charge in [0.05, 0.1) is 22.9 Å². The number of nitrogens with zero attached hydrogens (tertiary/aromatic N) is 2. The van der Waals surface area contributed by atoms with Crippen LogP contribution in [0, 0.1) is 0 Å². The zero-order valence-electron chi connectivity index (χ0n) is 9.27. The van der Waals surface area contributed by atoms with Crippen molar-refractivity contribution in [2.75, 3.05) is 5.75 Å². The van der Waals surface area contributed by atoms with Crippen LogP contribution in [0.5, 0.6) is 0 Å². The van der Waals surface area contributed by atoms with Crippen molar-refractivity contribution in [2.24, 2.45) is 0 Å². The van der Waals surface area contributed by atoms with Crippen molar-refractivity contribution >= 4 is 26.1 Å². The Morgan fingerprint density at radius 1 is 1.18 bits per heavy atom. The molecule has 0 fully saturated rings. The zero-order valence-corrected chi connectivity index (χ0v) is 10.9. The van der Waals surface area contributed by atoms with E-state index in [2.05, 4.69) is 9.38 Å². The van der Waals surface area contributed by atoms with Crippen LogP contribution in [0.1, 0.15) is 28.4 Å². The van der Waals surface area contributed by atoms with Crippen molar-refractivity contribution in [3.05, 3.63) is 22.0 Å². The predicted octanol–water partition coefficient (Wildman–Crippen LogP) is 1.36. The molecule has 0 aromatic carbocycles. The number of thiazole rings is 1. The van der Waals surface area contributed by atoms with Gasteiger partial charge in [-0.05, 0) is 19.3 Å². The van der Waals surface area contributed by atoms with E-state index >= 15 is 0 Å². The number of hydrogen-bond acceptors (Lipinski definition) is 4. The molecule has 1 aliphatic carbocycles. The highest BCUT2D eigenvalue weighted by Crippen LogP contribution is 2.34. The second-order valence-corrected chi connectivity index (χ2v) is 8.04. The molecule has 0 amide bonds. The third-order valence-electron chi connectivity index (χ3n) is 3.66. The normalized spacial score (nSPS) is 21.6. The minimum atomic E-state index is -2.91. The molecule has 6 heteroatoms. The Hall–Kier alpha value is -0.880. The predicted molar refractivity (Wildman–Crippen MR) is 66.3 cm³/mol. The molecule has 0 unspecified atom stereocenters. The van der Waals surface area contributed by atoms with E-state index in [1.54, 1.807) is 11.3 Å². The third kappa shape index (κ3) is 1.34. The third-order valence-corrected chi connectivity index (χ3v) is 6.34. The fourth-order valence-corrected chi connectivity index (χ4v) is 5.47. The molecule has 0 N–H and O–H groups in total. The van der Waals surface area contributed by atoms with E-state index < -0.39 is 9.84 Å². The molecule has 1 aliphatic heterocycles. The Morgan fingerprint density at radius 3 is 2.94 bits per heavy atom. The summed E-state index contributed by atoms with van der Waals surface area (Å²) < 4.78 is 25.6. The summed E-state index contributed by atoms with van der Waals surface area (Å²) in [7, 11) is -2.91. The first-order valence-corrected chi connectivity index (χ1v) is 8.49. The first-order valence-electron chi connectivity index (χ1n) is 5.85. The molecule has 4 nitrogen and oxygen atoms in total. The van der Waals surface area contributed by atoms with Crippen molar-refractivity contribution in [1.82, 2.24) is 9.38 Å². The van der Waals surface area contributed by atoms with Gasteiger partial charge in [-0.3, -0.25) is 4.40 Å². The quantitative estimate of drug-likeness (QED) is 0.725. The minimum absolute atomic E-state index is 0.173. The van der Waals surface area contributed by atoms with Crippen LogP contribution in [0.25, 0.3) is 4.96 Å². The summed E-state index contributed by atoms with van der Waals surface area (Å²) in [4.78, 5) is 7.00. The molecule has 3 heterocycles. The lowest BCUT2D eigenvalue weighted by Crippen LogP contribution is -2.20. The first-order chi connectivity index (χ1) is 8.14. The largest absolute Gasteiger partial charge is 0.290 e. The number of fused-ring (bicyclic) bond motifs is 5. The number of sulfone groups is 1. The van der Waals surface area contributed by atoms with Crippen molar-refractivity contribution in [3.8, 4) is 0 Å². The van der Waals surface area contributed by atoms with Gasteiger partial charge in [-0.25, -0.2) is 13.4 Å². The second-order valence-electron chi connectivity index (χ2n) is 4.79. The highest BCUT2D eigenvalue weighted by molar-refractivity contribution is 7.90. The first kappa shape index (κ1) is 10.1. The molecule has 0 saturated heterocycles. The van der Waals surface area contributed by atoms with Gasteiger partial charge in [0.25, 0.3) is 0 Å². The molecular weight excluding hydrogens is 256 g/mol. The summed E-state index contributed by atoms with van der Waals surface area (Å²) in [5, 5.41) is 0. The number of imidazole rings is 1. The molecule has 0 bridgehead atoms. The van der Waals surface area contributed by atoms with E-state index in [4.69, 9.17) is 0 Å². The fraction of sp³-hybridized carbons (Fsp3) is 0.545. The summed E-state index contributed by atoms with van der Waals surface area (Å²) in [5.41, 5.74) is 3.25. The van der Waals surface area contributed by atoms with Crippen LogP contribution in [0.3, 0.4) is 0 Å². The van der Waals surface area contributed by atoms with Gasteiger partial charge in [-0.2, -0.15) is 0 Å². The van der Waals surface area contributed by atoms with Crippen LogP contribution in [0.2, 0.25) is 0 Å². The minimum Gasteiger partial charge on any atom is -0.290 e. The summed E-state index contributed by atoms with van der Waals surface area (Å²) in [6.07, 6.45) is 3.97. The van der Waals surface area contributed by atoms with Crippen molar-refractivity contribution in [2.45, 2.75) is 31.4 Å². The summed E-state index contributed by atoms with van der Waals surface area (Å²) in [5.74, 6) is 0.430. The molecule has 2 aromatic heterocycles. The molecule has 4 rings (SSSR count). The van der Waals surface area contributed by atoms with Crippen LogP contribution in [-0.2, 0) is 34.9 Å². The van der Waals surface area contributed by atoms with E-state index in [0.717, 1.165) is 29.2 Å². The molecular formula is C11H12N2O2S2. The highest BCUT2D eigenvalue weighted by atomic mass is 32.2. The van der Waals surface area contributed by atoms with Crippen LogP contribution in [0.15, 0.2) is 0 Å². The van der Waals surface area contributed by atoms with Crippen molar-refractivity contribution < 1.29 is 8.42 Å². The summed E-state index contributed by atoms with van der Waals surface area (Å²) >= 11 is 1.74. The smallest absolute Gasteiger partial charge is 0.194 e. The number of aryl methyl sites for hydroxylation is 3. The Labute approximate surface area is 103 Å². The monoisotopic (exact) mass is 268 g/mol. The van der Waals surface area contributed by atoms with E-state index in [1.165, 1.54) is 17.0 Å². The Bertz CT molecular complexity index is 724. The van der Waals surface area contributed by atoms with Crippen molar-refractivity contribution in [1.29, 1.82) is 0 Å². The van der Waals surface area contributed by atoms with E-state index in [0.29, 0.717) is 6.42 Å². The van der Waals surface area contributed by atoms with Crippen molar-refractivity contribution in [3.63, 3.8) is 0 Å². The molecule has 0 saturated carbocycles. The summed E-state index contributed by atoms with van der Waals surface area (Å²) in [6.45, 7) is 0. The van der Waals surface area contributed by atoms with Gasteiger partial charge in [0, 0.05) is 17.0 Å². The Kier molecular flexibility index (Phi) is 1.85. The van der Waals surface area contributed by atoms with Crippen LogP contribution < -0.4 is 0 Å². The van der Waals surface area contributed by atoms with Gasteiger partial charge in [0.1, 0.15) is 0 Å². The number of aromatic nitrogens is 2. The Balaban J connectivity index is 2.04. The Morgan fingerprint density at radius 2 is 2.06 bits per heavy atom. The van der Waals surface area contributed by atoms with Crippen LogP contribution in [-0.4, -0.2) is 23.6 Å². The van der Waals surface area contributed by atoms with E-state index in [-0.39, 0.29) is 11.5 Å². The van der Waals surface area contributed by atoms with E-state index in [9.17, 15) is 8.42 Å². The maximum absolute atomic E-state index is 11.7. The van der Waals surface area contributed by atoms with Crippen LogP contribution in [0.4, 0.5) is 0 Å². The standard InChI is InChI=1S/C11H12N2O2S2/c14-17(15)5-4-7-9(6-17)13-8-2-1-3-10(8)16-11(13)12-7/h1-6H2. The summed E-state index contributed by atoms with van der Waals surface area (Å²) in [6, 6.07) is 0. The second kappa shape index (κ2) is 3.11. The fourth-order valence-electron chi connectivity index (χ4n) is 2.86. The SMILES string of the molecule is O=S1(=O)CCc2nc3sc4c(n3c2C1)CCC4. The van der Waals surface area contributed by atoms with Gasteiger partial charge in [0.15, 0.2) is 14.8 Å². The maximum atomic E-state index is 11.7. The van der Waals surface area contributed by atoms with Gasteiger partial charge >= 0.3 is 0 Å². The molecule has 2 aliphatic rings. The van der Waals surface area contributed by atoms with E-state index in [1.807, 2.05) is 0 Å².